The Morgan fingerprint density at radius 3 is 2.36 bits per heavy atom. The maximum Gasteiger partial charge on any atom is 0.409 e. The number of hydrogen-bond acceptors (Lipinski definition) is 16. The summed E-state index contributed by atoms with van der Waals surface area (Å²) in [5.41, 5.74) is 0.235. The van der Waals surface area contributed by atoms with Gasteiger partial charge in [-0.3, -0.25) is 29.3 Å². The summed E-state index contributed by atoms with van der Waals surface area (Å²) in [5.74, 6) is -4.66. The van der Waals surface area contributed by atoms with Gasteiger partial charge in [0, 0.05) is 45.9 Å². The van der Waals surface area contributed by atoms with Gasteiger partial charge in [0.2, 0.25) is 11.8 Å². The SMILES string of the molecule is CNC(=O)COC1CCCC/C=C/C1OC(=O)C(C)CCC(C)C(=O)OCCC(=O)N(C)[C@@H](C)C(=O)O[C@H]1CC(=O)C(C)c2cc(cc(OC)c2C)C/C(C)=C/C=C/C(OC)C2(O)C[C@H](OC(=O)N2)[C@@H](C)[C@@H]2O[C@@]12C. The van der Waals surface area contributed by atoms with Gasteiger partial charge in [0.05, 0.1) is 37.6 Å². The Morgan fingerprint density at radius 1 is 0.973 bits per heavy atom. The monoisotopic (exact) mass is 1050 g/mol. The van der Waals surface area contributed by atoms with Crippen LogP contribution >= 0.6 is 0 Å². The number of methoxy groups -OCH3 is 2. The standard InChI is InChI=1S/C56H81N3O16/c1-32-18-17-21-46(69-12)56(67)30-45(73-54(66)58-56)37(6)50-55(8,75-50)47(29-41(60)35(4)40-27-39(26-32)28-44(68-11)36(40)5)74-53(65)38(7)59(10)49(62)24-25-70-51(63)33(2)22-23-34(3)52(64)72-43-20-16-14-13-15-19-42(43)71-31-48(61)57-9/h16-18,20-21,27-28,33-35,37-38,42-43,45-47,50,67H,13-15,19,22-26,29-31H2,1-12H3,(H,57,61)(H,58,66)/b20-16+,21-17+,32-18+/t33?,34?,35?,37-,38+,42?,43?,45+,46?,47+,50+,55+,56?/m1/s1. The van der Waals surface area contributed by atoms with Crippen molar-refractivity contribution < 1.29 is 76.6 Å². The summed E-state index contributed by atoms with van der Waals surface area (Å²) in [4.78, 5) is 94.4. The Labute approximate surface area is 441 Å². The second-order valence-corrected chi connectivity index (χ2v) is 21.0. The summed E-state index contributed by atoms with van der Waals surface area (Å²) >= 11 is 0. The predicted octanol–water partition coefficient (Wildman–Crippen LogP) is 6.04. The lowest BCUT2D eigenvalue weighted by Crippen LogP contribution is -2.63. The first-order valence-corrected chi connectivity index (χ1v) is 26.2. The second kappa shape index (κ2) is 26.9. The number of fused-ring (bicyclic) bond motifs is 5. The number of amides is 3. The van der Waals surface area contributed by atoms with E-state index in [2.05, 4.69) is 10.6 Å². The molecule has 4 bridgehead atoms. The Bertz CT molecular complexity index is 2320. The highest BCUT2D eigenvalue weighted by Gasteiger charge is 2.64. The summed E-state index contributed by atoms with van der Waals surface area (Å²) in [7, 11) is 5.94. The van der Waals surface area contributed by atoms with Gasteiger partial charge in [0.1, 0.15) is 60.8 Å². The lowest BCUT2D eigenvalue weighted by Gasteiger charge is -2.42. The van der Waals surface area contributed by atoms with Gasteiger partial charge in [-0.1, -0.05) is 70.1 Å². The third kappa shape index (κ3) is 15.7. The van der Waals surface area contributed by atoms with Gasteiger partial charge in [0.25, 0.3) is 0 Å². The van der Waals surface area contributed by atoms with E-state index >= 15 is 0 Å². The Morgan fingerprint density at radius 2 is 1.68 bits per heavy atom. The molecule has 2 fully saturated rings. The average Bonchev–Trinajstić information content (AvgIpc) is 4.07. The van der Waals surface area contributed by atoms with Crippen LogP contribution in [0.5, 0.6) is 5.75 Å². The number of epoxide rings is 1. The number of esters is 3. The number of Topliss-reactive ketones (excluding diaryl/α,β-unsaturated/α-hetero) is 1. The summed E-state index contributed by atoms with van der Waals surface area (Å²) in [6.07, 6.45) is 7.16. The molecule has 2 aliphatic carbocycles. The number of ether oxygens (including phenoxy) is 8. The third-order valence-electron chi connectivity index (χ3n) is 15.3. The van der Waals surface area contributed by atoms with E-state index in [1.807, 2.05) is 38.1 Å². The molecule has 0 radical (unpaired) electrons. The van der Waals surface area contributed by atoms with Crippen LogP contribution in [0.1, 0.15) is 129 Å². The Hall–Kier alpha value is -5.63. The molecule has 5 rings (SSSR count). The number of likely N-dealkylation sites (N-methyl/N-ethyl adjacent to an activating group) is 2. The molecular formula is C56H81N3O16. The summed E-state index contributed by atoms with van der Waals surface area (Å²) in [6.45, 7) is 13.6. The van der Waals surface area contributed by atoms with Crippen molar-refractivity contribution in [3.8, 4) is 5.75 Å². The van der Waals surface area contributed by atoms with E-state index in [1.54, 1.807) is 60.0 Å². The molecule has 4 aliphatic rings. The number of alkyl carbamates (subject to hydrolysis) is 1. The van der Waals surface area contributed by atoms with Gasteiger partial charge in [-0.05, 0) is 95.1 Å². The molecule has 3 amide bonds. The molecule has 13 atom stereocenters. The van der Waals surface area contributed by atoms with E-state index in [1.165, 1.54) is 33.0 Å². The molecule has 75 heavy (non-hydrogen) atoms. The number of nitrogens with one attached hydrogen (secondary N) is 2. The van der Waals surface area contributed by atoms with Crippen LogP contribution in [0.2, 0.25) is 0 Å². The van der Waals surface area contributed by atoms with Crippen molar-refractivity contribution >= 4 is 41.6 Å². The average molecular weight is 1050 g/mol. The zero-order chi connectivity index (χ0) is 55.4. The summed E-state index contributed by atoms with van der Waals surface area (Å²) in [5, 5.41) is 16.9. The molecular weight excluding hydrogens is 971 g/mol. The lowest BCUT2D eigenvalue weighted by molar-refractivity contribution is -0.162. The van der Waals surface area contributed by atoms with Gasteiger partial charge in [0.15, 0.2) is 5.72 Å². The number of allylic oxidation sites excluding steroid dienone is 4. The van der Waals surface area contributed by atoms with Crippen molar-refractivity contribution in [3.05, 3.63) is 64.8 Å². The van der Waals surface area contributed by atoms with Crippen LogP contribution in [0.15, 0.2) is 48.1 Å². The molecule has 1 aromatic carbocycles. The summed E-state index contributed by atoms with van der Waals surface area (Å²) in [6, 6.07) is 2.74. The fraction of sp³-hybridized carbons (Fsp3) is 0.661. The first kappa shape index (κ1) is 60.2. The number of benzene rings is 1. The van der Waals surface area contributed by atoms with E-state index in [0.29, 0.717) is 31.4 Å². The van der Waals surface area contributed by atoms with E-state index in [9.17, 15) is 38.7 Å². The number of nitrogens with zero attached hydrogens (tertiary/aromatic N) is 1. The van der Waals surface area contributed by atoms with Gasteiger partial charge < -0.3 is 53.2 Å². The smallest absolute Gasteiger partial charge is 0.409 e. The van der Waals surface area contributed by atoms with E-state index in [0.717, 1.165) is 41.5 Å². The van der Waals surface area contributed by atoms with Gasteiger partial charge in [-0.2, -0.15) is 0 Å². The molecule has 2 saturated heterocycles. The van der Waals surface area contributed by atoms with Gasteiger partial charge in [-0.25, -0.2) is 9.59 Å². The largest absolute Gasteiger partial charge is 0.496 e. The number of rotatable bonds is 17. The quantitative estimate of drug-likeness (QED) is 0.0697. The third-order valence-corrected chi connectivity index (χ3v) is 15.3. The Balaban J connectivity index is 1.23. The van der Waals surface area contributed by atoms with E-state index < -0.39 is 108 Å². The highest BCUT2D eigenvalue weighted by Crippen LogP contribution is 2.49. The minimum atomic E-state index is -1.86. The minimum absolute atomic E-state index is 0.0834. The fourth-order valence-corrected chi connectivity index (χ4v) is 9.94. The number of aliphatic hydroxyl groups is 1. The first-order chi connectivity index (χ1) is 35.5. The number of hydrogen-bond donors (Lipinski definition) is 3. The van der Waals surface area contributed by atoms with Crippen LogP contribution in [0.4, 0.5) is 4.79 Å². The molecule has 2 heterocycles. The molecule has 416 valence electrons. The number of carbonyl (C=O) groups is 7. The maximum atomic E-state index is 14.5. The van der Waals surface area contributed by atoms with Gasteiger partial charge >= 0.3 is 24.0 Å². The summed E-state index contributed by atoms with van der Waals surface area (Å²) < 4.78 is 46.8. The zero-order valence-corrected chi connectivity index (χ0v) is 45.9. The van der Waals surface area contributed by atoms with Crippen LogP contribution in [-0.4, -0.2) is 147 Å². The van der Waals surface area contributed by atoms with Crippen molar-refractivity contribution in [1.82, 2.24) is 15.5 Å². The molecule has 19 nitrogen and oxygen atoms in total. The van der Waals surface area contributed by atoms with Crippen molar-refractivity contribution in [3.63, 3.8) is 0 Å². The second-order valence-electron chi connectivity index (χ2n) is 21.0. The topological polar surface area (TPSA) is 244 Å². The minimum Gasteiger partial charge on any atom is -0.496 e. The number of carbonyl (C=O) groups excluding carboxylic acids is 7. The van der Waals surface area contributed by atoms with Crippen LogP contribution in [0.25, 0.3) is 0 Å². The highest BCUT2D eigenvalue weighted by molar-refractivity contribution is 5.88. The van der Waals surface area contributed by atoms with Crippen molar-refractivity contribution in [2.75, 3.05) is 41.5 Å². The normalized spacial score (nSPS) is 30.8. The lowest BCUT2D eigenvalue weighted by atomic mass is 9.82. The maximum absolute atomic E-state index is 14.5. The number of ketones is 1. The molecule has 7 unspecified atom stereocenters. The Kier molecular flexibility index (Phi) is 21.6. The highest BCUT2D eigenvalue weighted by atomic mass is 16.7. The van der Waals surface area contributed by atoms with Crippen LogP contribution < -0.4 is 15.4 Å². The fourth-order valence-electron chi connectivity index (χ4n) is 9.94. The van der Waals surface area contributed by atoms with Crippen molar-refractivity contribution in [2.45, 2.75) is 180 Å². The van der Waals surface area contributed by atoms with Crippen LogP contribution in [0.3, 0.4) is 0 Å². The molecule has 3 N–H and O–H groups in total. The molecule has 19 heteroatoms. The molecule has 2 aliphatic heterocycles. The van der Waals surface area contributed by atoms with Gasteiger partial charge in [-0.15, -0.1) is 0 Å². The van der Waals surface area contributed by atoms with E-state index in [-0.39, 0.29) is 44.2 Å². The van der Waals surface area contributed by atoms with Crippen molar-refractivity contribution in [1.29, 1.82) is 0 Å². The van der Waals surface area contributed by atoms with Crippen LogP contribution in [0, 0.1) is 24.7 Å². The molecule has 0 saturated carbocycles. The molecule has 0 aromatic heterocycles. The van der Waals surface area contributed by atoms with E-state index in [4.69, 9.17) is 37.9 Å². The van der Waals surface area contributed by atoms with Crippen molar-refractivity contribution in [2.24, 2.45) is 17.8 Å². The molecule has 0 spiro atoms. The van der Waals surface area contributed by atoms with Crippen LogP contribution in [-0.2, 0) is 68.3 Å². The predicted molar refractivity (Wildman–Crippen MR) is 275 cm³/mol. The first-order valence-electron chi connectivity index (χ1n) is 26.2. The zero-order valence-electron chi connectivity index (χ0n) is 45.9. The molecule has 1 aromatic rings.